The molecule has 1 amide bonds. The molecular weight excluding hydrogens is 297 g/mol. The molecular formula is C17H20FN3O2. The van der Waals surface area contributed by atoms with Gasteiger partial charge in [-0.1, -0.05) is 19.1 Å². The van der Waals surface area contributed by atoms with Crippen LogP contribution in [-0.4, -0.2) is 28.5 Å². The second kappa shape index (κ2) is 7.67. The Balaban J connectivity index is 1.96. The molecule has 0 bridgehead atoms. The molecule has 6 heteroatoms. The molecule has 0 radical (unpaired) electrons. The van der Waals surface area contributed by atoms with E-state index in [-0.39, 0.29) is 24.3 Å². The number of carbonyl (C=O) groups is 1. The van der Waals surface area contributed by atoms with E-state index in [0.717, 1.165) is 0 Å². The van der Waals surface area contributed by atoms with Gasteiger partial charge in [0.25, 0.3) is 5.91 Å². The molecule has 1 heterocycles. The second-order valence-corrected chi connectivity index (χ2v) is 5.25. The maximum atomic E-state index is 13.5. The van der Waals surface area contributed by atoms with E-state index in [1.165, 1.54) is 12.3 Å². The van der Waals surface area contributed by atoms with Gasteiger partial charge in [-0.05, 0) is 32.4 Å². The van der Waals surface area contributed by atoms with Crippen LogP contribution in [0.25, 0.3) is 0 Å². The number of para-hydroxylation sites is 1. The Labute approximate surface area is 134 Å². The molecule has 0 saturated heterocycles. The van der Waals surface area contributed by atoms with Crippen molar-refractivity contribution < 1.29 is 13.9 Å². The number of aryl methyl sites for hydroxylation is 2. The lowest BCUT2D eigenvalue weighted by molar-refractivity contribution is 0.0924. The summed E-state index contributed by atoms with van der Waals surface area (Å²) < 4.78 is 18.9. The summed E-state index contributed by atoms with van der Waals surface area (Å²) in [6.07, 6.45) is 2.17. The van der Waals surface area contributed by atoms with Crippen LogP contribution in [0.4, 0.5) is 4.39 Å². The molecule has 0 fully saturated rings. The Bertz CT molecular complexity index is 691. The third-order valence-electron chi connectivity index (χ3n) is 3.27. The highest BCUT2D eigenvalue weighted by Crippen LogP contribution is 2.15. The van der Waals surface area contributed by atoms with Gasteiger partial charge in [0.05, 0.1) is 17.3 Å². The molecule has 5 nitrogen and oxygen atoms in total. The van der Waals surface area contributed by atoms with E-state index < -0.39 is 5.82 Å². The standard InChI is InChI=1S/C17H20FN3O2/c1-4-15-13(9-19-12(3)21-15)17(22)20-11(2)10-23-16-8-6-5-7-14(16)18/h5-9,11H,4,10H2,1-3H3,(H,20,22)/t11-/m1/s1. The van der Waals surface area contributed by atoms with Crippen molar-refractivity contribution in [2.75, 3.05) is 6.61 Å². The number of aromatic nitrogens is 2. The molecule has 1 aromatic heterocycles. The summed E-state index contributed by atoms with van der Waals surface area (Å²) in [6, 6.07) is 5.88. The summed E-state index contributed by atoms with van der Waals surface area (Å²) in [4.78, 5) is 20.6. The molecule has 2 aromatic rings. The molecule has 0 unspecified atom stereocenters. The Morgan fingerprint density at radius 3 is 2.83 bits per heavy atom. The van der Waals surface area contributed by atoms with E-state index in [1.807, 2.05) is 6.92 Å². The van der Waals surface area contributed by atoms with Gasteiger partial charge >= 0.3 is 0 Å². The van der Waals surface area contributed by atoms with Crippen LogP contribution in [0, 0.1) is 12.7 Å². The van der Waals surface area contributed by atoms with Gasteiger partial charge in [-0.3, -0.25) is 4.79 Å². The van der Waals surface area contributed by atoms with E-state index in [4.69, 9.17) is 4.74 Å². The average molecular weight is 317 g/mol. The molecule has 0 aliphatic rings. The van der Waals surface area contributed by atoms with Crippen LogP contribution >= 0.6 is 0 Å². The van der Waals surface area contributed by atoms with Crippen molar-refractivity contribution in [3.8, 4) is 5.75 Å². The van der Waals surface area contributed by atoms with Gasteiger partial charge in [0.15, 0.2) is 11.6 Å². The molecule has 2 rings (SSSR count). The zero-order valence-corrected chi connectivity index (χ0v) is 13.5. The number of hydrogen-bond acceptors (Lipinski definition) is 4. The first kappa shape index (κ1) is 16.9. The molecule has 122 valence electrons. The third-order valence-corrected chi connectivity index (χ3v) is 3.27. The van der Waals surface area contributed by atoms with Gasteiger partial charge in [-0.25, -0.2) is 14.4 Å². The van der Waals surface area contributed by atoms with Gasteiger partial charge in [0.2, 0.25) is 0 Å². The molecule has 1 aromatic carbocycles. The molecule has 0 spiro atoms. The van der Waals surface area contributed by atoms with Gasteiger partial charge in [-0.2, -0.15) is 0 Å². The van der Waals surface area contributed by atoms with Crippen molar-refractivity contribution >= 4 is 5.91 Å². The maximum Gasteiger partial charge on any atom is 0.255 e. The number of rotatable bonds is 6. The van der Waals surface area contributed by atoms with Gasteiger partial charge in [-0.15, -0.1) is 0 Å². The van der Waals surface area contributed by atoms with Crippen molar-refractivity contribution in [2.45, 2.75) is 33.2 Å². The number of carbonyl (C=O) groups excluding carboxylic acids is 1. The summed E-state index contributed by atoms with van der Waals surface area (Å²) in [6.45, 7) is 5.68. The van der Waals surface area contributed by atoms with Crippen LogP contribution < -0.4 is 10.1 Å². The number of ether oxygens (including phenoxy) is 1. The third kappa shape index (κ3) is 4.48. The van der Waals surface area contributed by atoms with Crippen LogP contribution in [0.3, 0.4) is 0 Å². The van der Waals surface area contributed by atoms with Gasteiger partial charge < -0.3 is 10.1 Å². The van der Waals surface area contributed by atoms with E-state index in [2.05, 4.69) is 15.3 Å². The number of nitrogens with zero attached hydrogens (tertiary/aromatic N) is 2. The highest BCUT2D eigenvalue weighted by molar-refractivity contribution is 5.95. The number of benzene rings is 1. The lowest BCUT2D eigenvalue weighted by atomic mass is 10.1. The fourth-order valence-corrected chi connectivity index (χ4v) is 2.10. The van der Waals surface area contributed by atoms with Gasteiger partial charge in [0.1, 0.15) is 12.4 Å². The van der Waals surface area contributed by atoms with Gasteiger partial charge in [0, 0.05) is 6.20 Å². The Hall–Kier alpha value is -2.50. The topological polar surface area (TPSA) is 64.1 Å². The first-order chi connectivity index (χ1) is 11.0. The van der Waals surface area contributed by atoms with E-state index in [1.54, 1.807) is 32.0 Å². The summed E-state index contributed by atoms with van der Waals surface area (Å²) in [7, 11) is 0. The highest BCUT2D eigenvalue weighted by Gasteiger charge is 2.15. The van der Waals surface area contributed by atoms with Crippen molar-refractivity contribution in [3.63, 3.8) is 0 Å². The first-order valence-electron chi connectivity index (χ1n) is 7.52. The predicted molar refractivity (Wildman–Crippen MR) is 85.0 cm³/mol. The zero-order valence-electron chi connectivity index (χ0n) is 13.5. The summed E-state index contributed by atoms with van der Waals surface area (Å²) in [5.74, 6) is 0.119. The Morgan fingerprint density at radius 2 is 2.13 bits per heavy atom. The van der Waals surface area contributed by atoms with E-state index >= 15 is 0 Å². The smallest absolute Gasteiger partial charge is 0.255 e. The molecule has 0 saturated carbocycles. The summed E-state index contributed by atoms with van der Waals surface area (Å²) in [5, 5.41) is 2.81. The number of halogens is 1. The second-order valence-electron chi connectivity index (χ2n) is 5.25. The minimum absolute atomic E-state index is 0.168. The van der Waals surface area contributed by atoms with Crippen LogP contribution in [-0.2, 0) is 6.42 Å². The molecule has 1 N–H and O–H groups in total. The van der Waals surface area contributed by atoms with Crippen LogP contribution in [0.15, 0.2) is 30.5 Å². The predicted octanol–water partition coefficient (Wildman–Crippen LogP) is 2.68. The van der Waals surface area contributed by atoms with Crippen LogP contribution in [0.2, 0.25) is 0 Å². The lowest BCUT2D eigenvalue weighted by Crippen LogP contribution is -2.37. The number of hydrogen-bond donors (Lipinski definition) is 1. The molecule has 0 aliphatic carbocycles. The van der Waals surface area contributed by atoms with Crippen molar-refractivity contribution in [1.29, 1.82) is 0 Å². The summed E-state index contributed by atoms with van der Waals surface area (Å²) >= 11 is 0. The largest absolute Gasteiger partial charge is 0.488 e. The quantitative estimate of drug-likeness (QED) is 0.889. The first-order valence-corrected chi connectivity index (χ1v) is 7.52. The lowest BCUT2D eigenvalue weighted by Gasteiger charge is -2.16. The van der Waals surface area contributed by atoms with Crippen LogP contribution in [0.1, 0.15) is 35.7 Å². The maximum absolute atomic E-state index is 13.5. The monoisotopic (exact) mass is 317 g/mol. The van der Waals surface area contributed by atoms with E-state index in [9.17, 15) is 9.18 Å². The zero-order chi connectivity index (χ0) is 16.8. The minimum Gasteiger partial charge on any atom is -0.488 e. The van der Waals surface area contributed by atoms with Crippen molar-refractivity contribution in [2.24, 2.45) is 0 Å². The fraction of sp³-hybridized carbons (Fsp3) is 0.353. The Morgan fingerprint density at radius 1 is 1.39 bits per heavy atom. The number of amides is 1. The van der Waals surface area contributed by atoms with Crippen molar-refractivity contribution in [1.82, 2.24) is 15.3 Å². The highest BCUT2D eigenvalue weighted by atomic mass is 19.1. The minimum atomic E-state index is -0.425. The van der Waals surface area contributed by atoms with Crippen LogP contribution in [0.5, 0.6) is 5.75 Å². The normalized spacial score (nSPS) is 11.8. The SMILES string of the molecule is CCc1nc(C)ncc1C(=O)N[C@H](C)COc1ccccc1F. The molecule has 23 heavy (non-hydrogen) atoms. The Kier molecular flexibility index (Phi) is 5.62. The van der Waals surface area contributed by atoms with Crippen molar-refractivity contribution in [3.05, 3.63) is 53.4 Å². The molecule has 0 aliphatic heterocycles. The summed E-state index contributed by atoms with van der Waals surface area (Å²) in [5.41, 5.74) is 1.16. The average Bonchev–Trinajstić information content (AvgIpc) is 2.53. The van der Waals surface area contributed by atoms with E-state index in [0.29, 0.717) is 23.5 Å². The fourth-order valence-electron chi connectivity index (χ4n) is 2.10. The molecule has 1 atom stereocenters. The number of nitrogens with one attached hydrogen (secondary N) is 1.